The third-order valence-electron chi connectivity index (χ3n) is 4.58. The Morgan fingerprint density at radius 2 is 1.60 bits per heavy atom. The molecule has 0 saturated heterocycles. The van der Waals surface area contributed by atoms with Crippen LogP contribution in [-0.4, -0.2) is 27.1 Å². The van der Waals surface area contributed by atoms with Crippen molar-refractivity contribution in [1.82, 2.24) is 15.0 Å². The number of halogens is 2. The molecule has 112 valence electrons. The third kappa shape index (κ3) is 3.00. The maximum Gasteiger partial charge on any atom is 0.300 e. The summed E-state index contributed by atoms with van der Waals surface area (Å²) in [5.41, 5.74) is 0. The van der Waals surface area contributed by atoms with Crippen LogP contribution in [0.3, 0.4) is 0 Å². The van der Waals surface area contributed by atoms with Gasteiger partial charge in [0.2, 0.25) is 11.7 Å². The second-order valence-electron chi connectivity index (χ2n) is 5.90. The van der Waals surface area contributed by atoms with Gasteiger partial charge in [-0.15, -0.1) is 0 Å². The SMILES string of the molecule is FC(F)c1noc(CN(C2CCCC2)C2CCCC2)n1. The van der Waals surface area contributed by atoms with Crippen molar-refractivity contribution in [2.45, 2.75) is 76.4 Å². The van der Waals surface area contributed by atoms with E-state index < -0.39 is 12.2 Å². The Bertz CT molecular complexity index is 410. The number of alkyl halides is 2. The average Bonchev–Trinajstić information content (AvgIpc) is 3.17. The van der Waals surface area contributed by atoms with Crippen molar-refractivity contribution in [2.24, 2.45) is 0 Å². The van der Waals surface area contributed by atoms with Crippen LogP contribution in [0.25, 0.3) is 0 Å². The molecule has 0 unspecified atom stereocenters. The molecule has 1 heterocycles. The van der Waals surface area contributed by atoms with Crippen molar-refractivity contribution < 1.29 is 13.3 Å². The molecule has 0 radical (unpaired) electrons. The van der Waals surface area contributed by atoms with Gasteiger partial charge in [0.1, 0.15) is 0 Å². The predicted octanol–water partition coefficient (Wildman–Crippen LogP) is 3.69. The molecule has 0 N–H and O–H groups in total. The molecular formula is C14H21F2N3O. The van der Waals surface area contributed by atoms with Gasteiger partial charge in [-0.3, -0.25) is 4.90 Å². The Morgan fingerprint density at radius 1 is 1.05 bits per heavy atom. The first-order chi connectivity index (χ1) is 9.74. The Morgan fingerprint density at radius 3 is 2.05 bits per heavy atom. The van der Waals surface area contributed by atoms with Crippen LogP contribution in [-0.2, 0) is 6.54 Å². The number of hydrogen-bond donors (Lipinski definition) is 0. The highest BCUT2D eigenvalue weighted by molar-refractivity contribution is 4.92. The summed E-state index contributed by atoms with van der Waals surface area (Å²) in [4.78, 5) is 6.26. The molecule has 2 fully saturated rings. The van der Waals surface area contributed by atoms with Crippen molar-refractivity contribution >= 4 is 0 Å². The molecule has 1 aromatic heterocycles. The van der Waals surface area contributed by atoms with Crippen LogP contribution < -0.4 is 0 Å². The minimum Gasteiger partial charge on any atom is -0.338 e. The highest BCUT2D eigenvalue weighted by atomic mass is 19.3. The summed E-state index contributed by atoms with van der Waals surface area (Å²) < 4.78 is 30.0. The predicted molar refractivity (Wildman–Crippen MR) is 69.3 cm³/mol. The summed E-state index contributed by atoms with van der Waals surface area (Å²) in [6.45, 7) is 0.523. The maximum atomic E-state index is 12.5. The summed E-state index contributed by atoms with van der Waals surface area (Å²) >= 11 is 0. The van der Waals surface area contributed by atoms with E-state index in [2.05, 4.69) is 15.0 Å². The van der Waals surface area contributed by atoms with E-state index in [1.807, 2.05) is 0 Å². The minimum atomic E-state index is -2.65. The normalized spacial score (nSPS) is 21.6. The van der Waals surface area contributed by atoms with Crippen molar-refractivity contribution in [2.75, 3.05) is 0 Å². The minimum absolute atomic E-state index is 0.332. The van der Waals surface area contributed by atoms with Gasteiger partial charge in [0, 0.05) is 12.1 Å². The van der Waals surface area contributed by atoms with Gasteiger partial charge in [-0.25, -0.2) is 8.78 Å². The van der Waals surface area contributed by atoms with E-state index in [1.165, 1.54) is 51.4 Å². The largest absolute Gasteiger partial charge is 0.338 e. The van der Waals surface area contributed by atoms with Crippen LogP contribution in [0.4, 0.5) is 8.78 Å². The lowest BCUT2D eigenvalue weighted by Gasteiger charge is -2.33. The van der Waals surface area contributed by atoms with Gasteiger partial charge in [-0.2, -0.15) is 4.98 Å². The van der Waals surface area contributed by atoms with Gasteiger partial charge >= 0.3 is 6.43 Å². The molecule has 0 aromatic carbocycles. The van der Waals surface area contributed by atoms with E-state index in [9.17, 15) is 8.78 Å². The van der Waals surface area contributed by atoms with Crippen molar-refractivity contribution in [3.05, 3.63) is 11.7 Å². The third-order valence-corrected chi connectivity index (χ3v) is 4.58. The average molecular weight is 285 g/mol. The summed E-state index contributed by atoms with van der Waals surface area (Å²) in [6.07, 6.45) is 7.20. The molecule has 0 aliphatic heterocycles. The molecule has 20 heavy (non-hydrogen) atoms. The topological polar surface area (TPSA) is 42.2 Å². The summed E-state index contributed by atoms with van der Waals surface area (Å²) in [6, 6.07) is 1.11. The Kier molecular flexibility index (Phi) is 4.29. The maximum absolute atomic E-state index is 12.5. The molecule has 0 spiro atoms. The highest BCUT2D eigenvalue weighted by Gasteiger charge is 2.32. The second kappa shape index (κ2) is 6.16. The Hall–Kier alpha value is -1.04. The molecule has 2 saturated carbocycles. The molecule has 0 bridgehead atoms. The van der Waals surface area contributed by atoms with Gasteiger partial charge in [0.15, 0.2) is 0 Å². The highest BCUT2D eigenvalue weighted by Crippen LogP contribution is 2.32. The van der Waals surface area contributed by atoms with Gasteiger partial charge in [-0.05, 0) is 25.7 Å². The molecule has 3 rings (SSSR count). The van der Waals surface area contributed by atoms with Gasteiger partial charge in [0.25, 0.3) is 0 Å². The zero-order valence-corrected chi connectivity index (χ0v) is 11.6. The lowest BCUT2D eigenvalue weighted by molar-refractivity contribution is 0.111. The quantitative estimate of drug-likeness (QED) is 0.827. The Labute approximate surface area is 117 Å². The van der Waals surface area contributed by atoms with Crippen molar-refractivity contribution in [3.8, 4) is 0 Å². The number of hydrogen-bond acceptors (Lipinski definition) is 4. The number of rotatable bonds is 5. The summed E-state index contributed by atoms with van der Waals surface area (Å²) in [5.74, 6) is -0.156. The van der Waals surface area contributed by atoms with Crippen LogP contribution in [0.15, 0.2) is 4.52 Å². The number of nitrogens with zero attached hydrogens (tertiary/aromatic N) is 3. The first-order valence-corrected chi connectivity index (χ1v) is 7.60. The molecule has 0 amide bonds. The van der Waals surface area contributed by atoms with Crippen molar-refractivity contribution in [3.63, 3.8) is 0 Å². The fourth-order valence-electron chi connectivity index (χ4n) is 3.61. The zero-order chi connectivity index (χ0) is 13.9. The van der Waals surface area contributed by atoms with E-state index in [0.29, 0.717) is 24.5 Å². The van der Waals surface area contributed by atoms with Crippen LogP contribution in [0.1, 0.15) is 69.5 Å². The number of aromatic nitrogens is 2. The molecule has 1 aromatic rings. The van der Waals surface area contributed by atoms with Gasteiger partial charge in [-0.1, -0.05) is 30.8 Å². The van der Waals surface area contributed by atoms with Gasteiger partial charge in [0.05, 0.1) is 6.54 Å². The Balaban J connectivity index is 1.70. The fourth-order valence-corrected chi connectivity index (χ4v) is 3.61. The molecule has 0 atom stereocenters. The van der Waals surface area contributed by atoms with E-state index in [1.54, 1.807) is 0 Å². The summed E-state index contributed by atoms with van der Waals surface area (Å²) in [5, 5.41) is 3.36. The second-order valence-corrected chi connectivity index (χ2v) is 5.90. The standard InChI is InChI=1S/C14H21F2N3O/c15-13(16)14-17-12(20-18-14)9-19(10-5-1-2-6-10)11-7-3-4-8-11/h10-11,13H,1-9H2. The fraction of sp³-hybridized carbons (Fsp3) is 0.857. The smallest absolute Gasteiger partial charge is 0.300 e. The first kappa shape index (κ1) is 13.9. The van der Waals surface area contributed by atoms with E-state index in [0.717, 1.165) is 0 Å². The molecule has 4 nitrogen and oxygen atoms in total. The van der Waals surface area contributed by atoms with Crippen LogP contribution in [0, 0.1) is 0 Å². The molecular weight excluding hydrogens is 264 g/mol. The monoisotopic (exact) mass is 285 g/mol. The van der Waals surface area contributed by atoms with E-state index >= 15 is 0 Å². The van der Waals surface area contributed by atoms with E-state index in [4.69, 9.17) is 4.52 Å². The zero-order valence-electron chi connectivity index (χ0n) is 11.6. The van der Waals surface area contributed by atoms with Crippen LogP contribution in [0.2, 0.25) is 0 Å². The molecule has 2 aliphatic carbocycles. The summed E-state index contributed by atoms with van der Waals surface area (Å²) in [7, 11) is 0. The van der Waals surface area contributed by atoms with Crippen molar-refractivity contribution in [1.29, 1.82) is 0 Å². The van der Waals surface area contributed by atoms with E-state index in [-0.39, 0.29) is 0 Å². The lowest BCUT2D eigenvalue weighted by Crippen LogP contribution is -2.40. The first-order valence-electron chi connectivity index (χ1n) is 7.60. The van der Waals surface area contributed by atoms with Crippen LogP contribution in [0.5, 0.6) is 0 Å². The lowest BCUT2D eigenvalue weighted by atomic mass is 10.1. The molecule has 6 heteroatoms. The van der Waals surface area contributed by atoms with Crippen LogP contribution >= 0.6 is 0 Å². The molecule has 2 aliphatic rings. The van der Waals surface area contributed by atoms with Gasteiger partial charge < -0.3 is 4.52 Å².